The summed E-state index contributed by atoms with van der Waals surface area (Å²) in [5.41, 5.74) is 4.48. The molecule has 19 heavy (non-hydrogen) atoms. The Morgan fingerprint density at radius 2 is 2.05 bits per heavy atom. The minimum absolute atomic E-state index is 0.107. The molecule has 1 aliphatic heterocycles. The SMILES string of the molecule is CN1CCN(NCc2ccc([N+](=O)[O-])cc2Br)CC1. The van der Waals surface area contributed by atoms with Crippen molar-refractivity contribution in [3.8, 4) is 0 Å². The van der Waals surface area contributed by atoms with Gasteiger partial charge < -0.3 is 4.90 Å². The highest BCUT2D eigenvalue weighted by atomic mass is 79.9. The maximum Gasteiger partial charge on any atom is 0.270 e. The topological polar surface area (TPSA) is 61.6 Å². The first-order chi connectivity index (χ1) is 9.06. The molecule has 1 aliphatic rings. The van der Waals surface area contributed by atoms with Gasteiger partial charge in [0.15, 0.2) is 0 Å². The number of non-ortho nitro benzene ring substituents is 1. The minimum Gasteiger partial charge on any atom is -0.304 e. The van der Waals surface area contributed by atoms with E-state index in [4.69, 9.17) is 0 Å². The summed E-state index contributed by atoms with van der Waals surface area (Å²) in [6, 6.07) is 4.86. The summed E-state index contributed by atoms with van der Waals surface area (Å²) in [6.45, 7) is 4.74. The Morgan fingerprint density at radius 1 is 1.37 bits per heavy atom. The van der Waals surface area contributed by atoms with Crippen molar-refractivity contribution >= 4 is 21.6 Å². The van der Waals surface area contributed by atoms with Crippen LogP contribution in [0, 0.1) is 10.1 Å². The molecule has 104 valence electrons. The molecule has 0 atom stereocenters. The van der Waals surface area contributed by atoms with Gasteiger partial charge >= 0.3 is 0 Å². The molecule has 1 aromatic carbocycles. The highest BCUT2D eigenvalue weighted by Crippen LogP contribution is 2.22. The Kier molecular flexibility index (Phi) is 4.87. The Hall–Kier alpha value is -1.02. The van der Waals surface area contributed by atoms with E-state index in [-0.39, 0.29) is 10.6 Å². The first kappa shape index (κ1) is 14.4. The van der Waals surface area contributed by atoms with E-state index >= 15 is 0 Å². The van der Waals surface area contributed by atoms with E-state index in [1.165, 1.54) is 6.07 Å². The lowest BCUT2D eigenvalue weighted by Gasteiger charge is -2.32. The number of likely N-dealkylation sites (N-methyl/N-ethyl adjacent to an activating group) is 1. The van der Waals surface area contributed by atoms with Crippen LogP contribution in [-0.2, 0) is 6.54 Å². The van der Waals surface area contributed by atoms with Gasteiger partial charge in [-0.25, -0.2) is 5.01 Å². The maximum atomic E-state index is 10.7. The van der Waals surface area contributed by atoms with Crippen molar-refractivity contribution in [2.24, 2.45) is 0 Å². The monoisotopic (exact) mass is 328 g/mol. The molecule has 2 rings (SSSR count). The first-order valence-electron chi connectivity index (χ1n) is 6.16. The number of hydrazine groups is 1. The van der Waals surface area contributed by atoms with Crippen LogP contribution in [0.25, 0.3) is 0 Å². The highest BCUT2D eigenvalue weighted by molar-refractivity contribution is 9.10. The molecule has 0 spiro atoms. The number of nitrogens with zero attached hydrogens (tertiary/aromatic N) is 3. The molecule has 1 aromatic rings. The predicted octanol–water partition coefficient (Wildman–Crippen LogP) is 1.61. The molecule has 1 saturated heterocycles. The smallest absolute Gasteiger partial charge is 0.270 e. The van der Waals surface area contributed by atoms with Crippen LogP contribution in [0.1, 0.15) is 5.56 Å². The third kappa shape index (κ3) is 3.97. The number of nitro groups is 1. The zero-order valence-electron chi connectivity index (χ0n) is 10.8. The standard InChI is InChI=1S/C12H17BrN4O2/c1-15-4-6-16(7-5-15)14-9-10-2-3-11(17(18)19)8-12(10)13/h2-3,8,14H,4-7,9H2,1H3. The molecule has 0 unspecified atom stereocenters. The van der Waals surface area contributed by atoms with Gasteiger partial charge in [0.05, 0.1) is 4.92 Å². The van der Waals surface area contributed by atoms with E-state index in [2.05, 4.69) is 38.3 Å². The lowest BCUT2D eigenvalue weighted by molar-refractivity contribution is -0.384. The second-order valence-electron chi connectivity index (χ2n) is 4.66. The lowest BCUT2D eigenvalue weighted by atomic mass is 10.2. The zero-order valence-corrected chi connectivity index (χ0v) is 12.4. The fourth-order valence-corrected chi connectivity index (χ4v) is 2.46. The van der Waals surface area contributed by atoms with Crippen molar-refractivity contribution < 1.29 is 4.92 Å². The van der Waals surface area contributed by atoms with Gasteiger partial charge in [0.1, 0.15) is 0 Å². The molecular formula is C12H17BrN4O2. The Balaban J connectivity index is 1.91. The van der Waals surface area contributed by atoms with Crippen molar-refractivity contribution in [1.29, 1.82) is 0 Å². The van der Waals surface area contributed by atoms with Gasteiger partial charge in [0.2, 0.25) is 0 Å². The summed E-state index contributed by atoms with van der Waals surface area (Å²) in [5, 5.41) is 12.8. The highest BCUT2D eigenvalue weighted by Gasteiger charge is 2.14. The number of nitrogens with one attached hydrogen (secondary N) is 1. The summed E-state index contributed by atoms with van der Waals surface area (Å²) in [4.78, 5) is 12.6. The molecule has 1 N–H and O–H groups in total. The summed E-state index contributed by atoms with van der Waals surface area (Å²) in [6.07, 6.45) is 0. The second-order valence-corrected chi connectivity index (χ2v) is 5.51. The Bertz CT molecular complexity index is 461. The predicted molar refractivity (Wildman–Crippen MR) is 76.7 cm³/mol. The molecule has 0 amide bonds. The number of rotatable bonds is 4. The van der Waals surface area contributed by atoms with Crippen LogP contribution in [0.4, 0.5) is 5.69 Å². The van der Waals surface area contributed by atoms with Crippen LogP contribution < -0.4 is 5.43 Å². The Labute approximate surface area is 120 Å². The van der Waals surface area contributed by atoms with Crippen molar-refractivity contribution in [2.75, 3.05) is 33.2 Å². The molecule has 1 heterocycles. The number of benzene rings is 1. The van der Waals surface area contributed by atoms with Crippen LogP contribution in [-0.4, -0.2) is 48.1 Å². The summed E-state index contributed by atoms with van der Waals surface area (Å²) >= 11 is 3.38. The molecule has 0 aliphatic carbocycles. The van der Waals surface area contributed by atoms with Gasteiger partial charge in [-0.15, -0.1) is 0 Å². The lowest BCUT2D eigenvalue weighted by Crippen LogP contribution is -2.50. The van der Waals surface area contributed by atoms with Gasteiger partial charge in [-0.1, -0.05) is 15.9 Å². The molecule has 6 nitrogen and oxygen atoms in total. The van der Waals surface area contributed by atoms with E-state index in [9.17, 15) is 10.1 Å². The Morgan fingerprint density at radius 3 is 2.63 bits per heavy atom. The van der Waals surface area contributed by atoms with E-state index < -0.39 is 0 Å². The maximum absolute atomic E-state index is 10.7. The van der Waals surface area contributed by atoms with Gasteiger partial charge in [0, 0.05) is 49.3 Å². The van der Waals surface area contributed by atoms with Crippen LogP contribution >= 0.6 is 15.9 Å². The van der Waals surface area contributed by atoms with Crippen LogP contribution in [0.2, 0.25) is 0 Å². The van der Waals surface area contributed by atoms with Gasteiger partial charge in [-0.05, 0) is 18.7 Å². The summed E-state index contributed by atoms with van der Waals surface area (Å²) < 4.78 is 0.767. The quantitative estimate of drug-likeness (QED) is 0.672. The van der Waals surface area contributed by atoms with Crippen LogP contribution in [0.3, 0.4) is 0 Å². The number of halogens is 1. The van der Waals surface area contributed by atoms with Crippen molar-refractivity contribution in [1.82, 2.24) is 15.3 Å². The summed E-state index contributed by atoms with van der Waals surface area (Å²) in [7, 11) is 2.12. The average Bonchev–Trinajstić information content (AvgIpc) is 2.39. The first-order valence-corrected chi connectivity index (χ1v) is 6.95. The van der Waals surface area contributed by atoms with E-state index in [1.54, 1.807) is 12.1 Å². The minimum atomic E-state index is -0.386. The molecule has 1 fully saturated rings. The number of piperazine rings is 1. The molecule has 0 radical (unpaired) electrons. The molecule has 0 bridgehead atoms. The van der Waals surface area contributed by atoms with Gasteiger partial charge in [-0.3, -0.25) is 15.5 Å². The van der Waals surface area contributed by atoms with Crippen molar-refractivity contribution in [3.05, 3.63) is 38.3 Å². The van der Waals surface area contributed by atoms with Crippen molar-refractivity contribution in [2.45, 2.75) is 6.54 Å². The normalized spacial score (nSPS) is 17.6. The van der Waals surface area contributed by atoms with Crippen molar-refractivity contribution in [3.63, 3.8) is 0 Å². The van der Waals surface area contributed by atoms with E-state index in [0.717, 1.165) is 36.2 Å². The van der Waals surface area contributed by atoms with E-state index in [1.807, 2.05) is 0 Å². The molecule has 0 aromatic heterocycles. The van der Waals surface area contributed by atoms with E-state index in [0.29, 0.717) is 6.54 Å². The fraction of sp³-hybridized carbons (Fsp3) is 0.500. The van der Waals surface area contributed by atoms with Gasteiger partial charge in [-0.2, -0.15) is 0 Å². The number of hydrogen-bond donors (Lipinski definition) is 1. The molecule has 7 heteroatoms. The third-order valence-electron chi connectivity index (χ3n) is 3.24. The molecule has 0 saturated carbocycles. The number of nitro benzene ring substituents is 1. The molecular weight excluding hydrogens is 312 g/mol. The zero-order chi connectivity index (χ0) is 13.8. The van der Waals surface area contributed by atoms with Crippen LogP contribution in [0.5, 0.6) is 0 Å². The number of hydrogen-bond acceptors (Lipinski definition) is 5. The van der Waals surface area contributed by atoms with Crippen LogP contribution in [0.15, 0.2) is 22.7 Å². The fourth-order valence-electron chi connectivity index (χ4n) is 1.95. The average molecular weight is 329 g/mol. The summed E-state index contributed by atoms with van der Waals surface area (Å²) in [5.74, 6) is 0. The third-order valence-corrected chi connectivity index (χ3v) is 3.98. The second kappa shape index (κ2) is 6.42. The largest absolute Gasteiger partial charge is 0.304 e. The van der Waals surface area contributed by atoms with Gasteiger partial charge in [0.25, 0.3) is 5.69 Å².